The molecule has 4 rings (SSSR count). The van der Waals surface area contributed by atoms with E-state index in [2.05, 4.69) is 5.32 Å². The Morgan fingerprint density at radius 2 is 1.78 bits per heavy atom. The van der Waals surface area contributed by atoms with Crippen LogP contribution in [0.25, 0.3) is 21.9 Å². The minimum absolute atomic E-state index is 0.174. The molecule has 0 unspecified atom stereocenters. The van der Waals surface area contributed by atoms with Crippen molar-refractivity contribution in [3.8, 4) is 0 Å². The van der Waals surface area contributed by atoms with Crippen LogP contribution in [-0.4, -0.2) is 33.4 Å². The zero-order valence-electron chi connectivity index (χ0n) is 17.9. The molecular formula is C24H24N2O4S2. The molecule has 1 aromatic heterocycles. The molecule has 166 valence electrons. The molecule has 1 amide bonds. The van der Waals surface area contributed by atoms with Crippen LogP contribution >= 0.6 is 11.8 Å². The van der Waals surface area contributed by atoms with E-state index in [1.807, 2.05) is 66.9 Å². The largest absolute Gasteiger partial charge is 0.456 e. The van der Waals surface area contributed by atoms with Crippen LogP contribution in [0.5, 0.6) is 0 Å². The van der Waals surface area contributed by atoms with Gasteiger partial charge in [-0.2, -0.15) is 0 Å². The van der Waals surface area contributed by atoms with Crippen molar-refractivity contribution >= 4 is 61.0 Å². The highest BCUT2D eigenvalue weighted by atomic mass is 32.2. The smallest absolute Gasteiger partial charge is 0.232 e. The first-order chi connectivity index (χ1) is 15.3. The summed E-state index contributed by atoms with van der Waals surface area (Å²) in [7, 11) is -3.46. The number of nitrogens with one attached hydrogen (secondary N) is 1. The third-order valence-electron chi connectivity index (χ3n) is 5.17. The van der Waals surface area contributed by atoms with Crippen molar-refractivity contribution in [1.82, 2.24) is 0 Å². The van der Waals surface area contributed by atoms with Crippen LogP contribution in [0.15, 0.2) is 76.0 Å². The van der Waals surface area contributed by atoms with E-state index in [9.17, 15) is 13.2 Å². The number of thioether (sulfide) groups is 1. The highest BCUT2D eigenvalue weighted by Crippen LogP contribution is 2.30. The molecule has 3 aromatic carbocycles. The molecule has 0 saturated carbocycles. The summed E-state index contributed by atoms with van der Waals surface area (Å²) in [4.78, 5) is 13.5. The molecule has 0 fully saturated rings. The molecule has 4 aromatic rings. The molecule has 6 nitrogen and oxygen atoms in total. The number of furan rings is 1. The first-order valence-electron chi connectivity index (χ1n) is 10.2. The predicted octanol–water partition coefficient (Wildman–Crippen LogP) is 5.49. The summed E-state index contributed by atoms with van der Waals surface area (Å²) >= 11 is 1.55. The van der Waals surface area contributed by atoms with Crippen LogP contribution in [0, 0.1) is 0 Å². The third kappa shape index (κ3) is 4.92. The lowest BCUT2D eigenvalue weighted by Gasteiger charge is -2.22. The molecule has 0 atom stereocenters. The molecule has 0 aliphatic rings. The second-order valence-corrected chi connectivity index (χ2v) is 10.3. The van der Waals surface area contributed by atoms with E-state index in [0.29, 0.717) is 23.4 Å². The number of carbonyl (C=O) groups is 1. The minimum Gasteiger partial charge on any atom is -0.456 e. The molecule has 0 bridgehead atoms. The Bertz CT molecular complexity index is 1380. The van der Waals surface area contributed by atoms with Gasteiger partial charge in [-0.25, -0.2) is 8.42 Å². The van der Waals surface area contributed by atoms with Gasteiger partial charge >= 0.3 is 0 Å². The summed E-state index contributed by atoms with van der Waals surface area (Å²) in [5.74, 6) is -0.174. The van der Waals surface area contributed by atoms with Crippen molar-refractivity contribution in [3.63, 3.8) is 0 Å². The van der Waals surface area contributed by atoms with Crippen molar-refractivity contribution in [2.24, 2.45) is 0 Å². The Hall–Kier alpha value is -2.97. The summed E-state index contributed by atoms with van der Waals surface area (Å²) in [6, 6.07) is 20.8. The molecule has 0 radical (unpaired) electrons. The van der Waals surface area contributed by atoms with Gasteiger partial charge < -0.3 is 9.73 Å². The van der Waals surface area contributed by atoms with Gasteiger partial charge in [-0.3, -0.25) is 9.10 Å². The van der Waals surface area contributed by atoms with Gasteiger partial charge in [-0.1, -0.05) is 24.3 Å². The molecule has 0 spiro atoms. The van der Waals surface area contributed by atoms with E-state index in [0.717, 1.165) is 21.3 Å². The average Bonchev–Trinajstić information content (AvgIpc) is 3.13. The fraction of sp³-hybridized carbons (Fsp3) is 0.208. The number of amides is 1. The monoisotopic (exact) mass is 468 g/mol. The lowest BCUT2D eigenvalue weighted by atomic mass is 10.1. The van der Waals surface area contributed by atoms with Gasteiger partial charge in [-0.15, -0.1) is 11.8 Å². The number of para-hydroxylation sites is 1. The molecule has 0 aliphatic heterocycles. The number of benzene rings is 3. The number of fused-ring (bicyclic) bond motifs is 3. The van der Waals surface area contributed by atoms with Gasteiger partial charge in [0.05, 0.1) is 11.9 Å². The summed E-state index contributed by atoms with van der Waals surface area (Å²) in [5.41, 5.74) is 2.77. The van der Waals surface area contributed by atoms with E-state index in [1.54, 1.807) is 17.8 Å². The van der Waals surface area contributed by atoms with E-state index < -0.39 is 10.0 Å². The van der Waals surface area contributed by atoms with Gasteiger partial charge in [0, 0.05) is 40.4 Å². The highest BCUT2D eigenvalue weighted by Gasteiger charge is 2.18. The zero-order valence-corrected chi connectivity index (χ0v) is 19.5. The van der Waals surface area contributed by atoms with Gasteiger partial charge in [0.25, 0.3) is 0 Å². The molecule has 1 N–H and O–H groups in total. The summed E-state index contributed by atoms with van der Waals surface area (Å²) in [6.45, 7) is 0.229. The Labute approximate surface area is 191 Å². The number of hydrogen-bond donors (Lipinski definition) is 1. The average molecular weight is 469 g/mol. The second kappa shape index (κ2) is 9.26. The Kier molecular flexibility index (Phi) is 6.43. The number of rotatable bonds is 8. The topological polar surface area (TPSA) is 79.6 Å². The van der Waals surface area contributed by atoms with Crippen molar-refractivity contribution in [3.05, 3.63) is 66.7 Å². The maximum atomic E-state index is 12.5. The Morgan fingerprint density at radius 3 is 2.56 bits per heavy atom. The van der Waals surface area contributed by atoms with Gasteiger partial charge in [0.1, 0.15) is 11.2 Å². The van der Waals surface area contributed by atoms with E-state index >= 15 is 0 Å². The molecule has 8 heteroatoms. The maximum absolute atomic E-state index is 12.5. The molecule has 0 saturated heterocycles. The zero-order chi connectivity index (χ0) is 22.7. The maximum Gasteiger partial charge on any atom is 0.232 e. The van der Waals surface area contributed by atoms with Crippen molar-refractivity contribution in [2.45, 2.75) is 17.7 Å². The number of carbonyl (C=O) groups excluding carboxylic acids is 1. The van der Waals surface area contributed by atoms with Crippen molar-refractivity contribution in [1.29, 1.82) is 0 Å². The van der Waals surface area contributed by atoms with E-state index in [-0.39, 0.29) is 18.9 Å². The Morgan fingerprint density at radius 1 is 1.00 bits per heavy atom. The first-order valence-corrected chi connectivity index (χ1v) is 13.3. The van der Waals surface area contributed by atoms with Crippen LogP contribution in [0.3, 0.4) is 0 Å². The van der Waals surface area contributed by atoms with Crippen molar-refractivity contribution in [2.75, 3.05) is 28.7 Å². The minimum atomic E-state index is -3.46. The van der Waals surface area contributed by atoms with Gasteiger partial charge in [-0.05, 0) is 49.1 Å². The lowest BCUT2D eigenvalue weighted by Crippen LogP contribution is -2.31. The SMILES string of the molecule is CSc1cccc(N(CCCC(=O)Nc2ccc3c(c2)oc2ccccc23)S(C)(=O)=O)c1. The summed E-state index contributed by atoms with van der Waals surface area (Å²) < 4.78 is 31.8. The van der Waals surface area contributed by atoms with E-state index in [4.69, 9.17) is 4.42 Å². The van der Waals surface area contributed by atoms with Crippen molar-refractivity contribution < 1.29 is 17.6 Å². The fourth-order valence-electron chi connectivity index (χ4n) is 3.66. The number of anilines is 2. The standard InChI is InChI=1S/C24H24N2O4S2/c1-31-19-8-5-7-18(16-19)26(32(2,28)29)14-6-11-24(27)25-17-12-13-21-20-9-3-4-10-22(20)30-23(21)15-17/h3-5,7-10,12-13,15-16H,6,11,14H2,1-2H3,(H,25,27). The molecule has 1 heterocycles. The summed E-state index contributed by atoms with van der Waals surface area (Å²) in [6.07, 6.45) is 3.72. The predicted molar refractivity (Wildman–Crippen MR) is 132 cm³/mol. The Balaban J connectivity index is 1.41. The molecule has 32 heavy (non-hydrogen) atoms. The fourth-order valence-corrected chi connectivity index (χ4v) is 5.07. The third-order valence-corrected chi connectivity index (χ3v) is 7.09. The van der Waals surface area contributed by atoms with Crippen LogP contribution in [0.4, 0.5) is 11.4 Å². The quantitative estimate of drug-likeness (QED) is 0.346. The second-order valence-electron chi connectivity index (χ2n) is 7.50. The first kappa shape index (κ1) is 22.2. The number of hydrogen-bond acceptors (Lipinski definition) is 5. The number of nitrogens with zero attached hydrogens (tertiary/aromatic N) is 1. The lowest BCUT2D eigenvalue weighted by molar-refractivity contribution is -0.116. The van der Waals surface area contributed by atoms with Gasteiger partial charge in [0.15, 0.2) is 0 Å². The number of sulfonamides is 1. The van der Waals surface area contributed by atoms with Crippen LogP contribution in [0.2, 0.25) is 0 Å². The highest BCUT2D eigenvalue weighted by molar-refractivity contribution is 7.98. The molecular weight excluding hydrogens is 444 g/mol. The van der Waals surface area contributed by atoms with Gasteiger partial charge in [0.2, 0.25) is 15.9 Å². The van der Waals surface area contributed by atoms with Crippen LogP contribution in [0.1, 0.15) is 12.8 Å². The van der Waals surface area contributed by atoms with Crippen LogP contribution in [-0.2, 0) is 14.8 Å². The van der Waals surface area contributed by atoms with Crippen LogP contribution < -0.4 is 9.62 Å². The normalized spacial score (nSPS) is 11.7. The molecule has 0 aliphatic carbocycles. The summed E-state index contributed by atoms with van der Waals surface area (Å²) in [5, 5.41) is 4.91. The van der Waals surface area contributed by atoms with E-state index in [1.165, 1.54) is 10.6 Å².